The SMILES string of the molecule is O=C1CC2CCN(Cc3ccccc3)C(C1)C2. The number of rotatable bonds is 2. The van der Waals surface area contributed by atoms with Gasteiger partial charge in [0, 0.05) is 25.4 Å². The summed E-state index contributed by atoms with van der Waals surface area (Å²) in [7, 11) is 0. The smallest absolute Gasteiger partial charge is 0.134 e. The molecule has 2 unspecified atom stereocenters. The topological polar surface area (TPSA) is 20.3 Å². The molecule has 3 rings (SSSR count). The molecule has 17 heavy (non-hydrogen) atoms. The van der Waals surface area contributed by atoms with Crippen LogP contribution >= 0.6 is 0 Å². The summed E-state index contributed by atoms with van der Waals surface area (Å²) >= 11 is 0. The average Bonchev–Trinajstić information content (AvgIpc) is 2.34. The lowest BCUT2D eigenvalue weighted by Gasteiger charge is -2.42. The molecular weight excluding hydrogens is 210 g/mol. The van der Waals surface area contributed by atoms with Gasteiger partial charge in [0.1, 0.15) is 5.78 Å². The van der Waals surface area contributed by atoms with Crippen molar-refractivity contribution >= 4 is 5.78 Å². The van der Waals surface area contributed by atoms with Crippen LogP contribution < -0.4 is 0 Å². The predicted molar refractivity (Wildman–Crippen MR) is 67.6 cm³/mol. The van der Waals surface area contributed by atoms with E-state index in [0.717, 1.165) is 25.9 Å². The average molecular weight is 229 g/mol. The summed E-state index contributed by atoms with van der Waals surface area (Å²) in [6.07, 6.45) is 4.06. The van der Waals surface area contributed by atoms with E-state index in [1.54, 1.807) is 0 Å². The van der Waals surface area contributed by atoms with Crippen molar-refractivity contribution in [3.8, 4) is 0 Å². The molecule has 1 aromatic rings. The Morgan fingerprint density at radius 2 is 2.00 bits per heavy atom. The van der Waals surface area contributed by atoms with Crippen LogP contribution in [-0.4, -0.2) is 23.3 Å². The van der Waals surface area contributed by atoms with Crippen molar-refractivity contribution in [1.29, 1.82) is 0 Å². The lowest BCUT2D eigenvalue weighted by atomic mass is 9.79. The standard InChI is InChI=1S/C15H19NO/c17-15-9-13-6-7-16(14(8-13)10-15)11-12-4-2-1-3-5-12/h1-5,13-14H,6-11H2. The zero-order chi connectivity index (χ0) is 11.7. The Morgan fingerprint density at radius 3 is 2.82 bits per heavy atom. The molecule has 1 heterocycles. The van der Waals surface area contributed by atoms with E-state index >= 15 is 0 Å². The second-order valence-corrected chi connectivity index (χ2v) is 5.45. The maximum Gasteiger partial charge on any atom is 0.134 e. The van der Waals surface area contributed by atoms with Crippen molar-refractivity contribution in [2.75, 3.05) is 6.54 Å². The number of benzene rings is 1. The molecule has 1 aliphatic carbocycles. The fraction of sp³-hybridized carbons (Fsp3) is 0.533. The number of hydrogen-bond donors (Lipinski definition) is 0. The van der Waals surface area contributed by atoms with Crippen LogP contribution in [-0.2, 0) is 11.3 Å². The number of nitrogens with zero attached hydrogens (tertiary/aromatic N) is 1. The van der Waals surface area contributed by atoms with Gasteiger partial charge >= 0.3 is 0 Å². The Labute approximate surface area is 103 Å². The van der Waals surface area contributed by atoms with Gasteiger partial charge in [0.15, 0.2) is 0 Å². The van der Waals surface area contributed by atoms with Crippen LogP contribution in [0.1, 0.15) is 31.2 Å². The van der Waals surface area contributed by atoms with Crippen molar-refractivity contribution in [2.45, 2.75) is 38.3 Å². The van der Waals surface area contributed by atoms with E-state index in [1.807, 2.05) is 0 Å². The zero-order valence-corrected chi connectivity index (χ0v) is 10.1. The van der Waals surface area contributed by atoms with Crippen LogP contribution in [0.2, 0.25) is 0 Å². The van der Waals surface area contributed by atoms with Crippen LogP contribution in [0, 0.1) is 5.92 Å². The quantitative estimate of drug-likeness (QED) is 0.777. The molecule has 0 radical (unpaired) electrons. The Hall–Kier alpha value is -1.15. The van der Waals surface area contributed by atoms with Gasteiger partial charge in [-0.2, -0.15) is 0 Å². The first-order valence-corrected chi connectivity index (χ1v) is 6.61. The minimum atomic E-state index is 0.476. The molecule has 1 saturated carbocycles. The molecule has 2 atom stereocenters. The molecule has 1 aliphatic heterocycles. The van der Waals surface area contributed by atoms with Crippen LogP contribution in [0.5, 0.6) is 0 Å². The maximum atomic E-state index is 11.6. The second-order valence-electron chi connectivity index (χ2n) is 5.45. The minimum Gasteiger partial charge on any atom is -0.300 e. The third-order valence-corrected chi connectivity index (χ3v) is 4.15. The number of likely N-dealkylation sites (tertiary alicyclic amines) is 1. The van der Waals surface area contributed by atoms with Gasteiger partial charge in [-0.25, -0.2) is 0 Å². The lowest BCUT2D eigenvalue weighted by molar-refractivity contribution is -0.125. The molecule has 0 N–H and O–H groups in total. The summed E-state index contributed by atoms with van der Waals surface area (Å²) < 4.78 is 0. The van der Waals surface area contributed by atoms with Crippen LogP contribution in [0.3, 0.4) is 0 Å². The Balaban J connectivity index is 1.69. The molecule has 0 amide bonds. The number of carbonyl (C=O) groups is 1. The molecule has 0 spiro atoms. The number of carbonyl (C=O) groups excluding carboxylic acids is 1. The Bertz CT molecular complexity index is 401. The third-order valence-electron chi connectivity index (χ3n) is 4.15. The minimum absolute atomic E-state index is 0.476. The maximum absolute atomic E-state index is 11.6. The Kier molecular flexibility index (Phi) is 2.98. The largest absolute Gasteiger partial charge is 0.300 e. The van der Waals surface area contributed by atoms with Gasteiger partial charge in [0.2, 0.25) is 0 Å². The number of piperidine rings is 1. The summed E-state index contributed by atoms with van der Waals surface area (Å²) in [5.74, 6) is 1.15. The molecule has 1 saturated heterocycles. The van der Waals surface area contributed by atoms with Gasteiger partial charge in [-0.05, 0) is 30.9 Å². The van der Waals surface area contributed by atoms with Crippen molar-refractivity contribution in [3.05, 3.63) is 35.9 Å². The highest BCUT2D eigenvalue weighted by Gasteiger charge is 2.34. The highest BCUT2D eigenvalue weighted by molar-refractivity contribution is 5.80. The van der Waals surface area contributed by atoms with E-state index in [2.05, 4.69) is 35.2 Å². The van der Waals surface area contributed by atoms with Gasteiger partial charge in [0.25, 0.3) is 0 Å². The second kappa shape index (κ2) is 4.61. The summed E-state index contributed by atoms with van der Waals surface area (Å²) in [5.41, 5.74) is 1.36. The number of hydrogen-bond acceptors (Lipinski definition) is 2. The molecule has 2 aliphatic rings. The number of ketones is 1. The molecule has 2 fully saturated rings. The van der Waals surface area contributed by atoms with Crippen molar-refractivity contribution < 1.29 is 4.79 Å². The van der Waals surface area contributed by atoms with E-state index in [9.17, 15) is 4.79 Å². The highest BCUT2D eigenvalue weighted by atomic mass is 16.1. The van der Waals surface area contributed by atoms with E-state index in [1.165, 1.54) is 18.4 Å². The number of fused-ring (bicyclic) bond motifs is 2. The fourth-order valence-corrected chi connectivity index (χ4v) is 3.27. The van der Waals surface area contributed by atoms with Crippen LogP contribution in [0.15, 0.2) is 30.3 Å². The summed E-state index contributed by atoms with van der Waals surface area (Å²) in [4.78, 5) is 14.2. The van der Waals surface area contributed by atoms with Gasteiger partial charge in [-0.15, -0.1) is 0 Å². The molecule has 2 nitrogen and oxygen atoms in total. The van der Waals surface area contributed by atoms with E-state index in [0.29, 0.717) is 17.7 Å². The molecule has 2 heteroatoms. The monoisotopic (exact) mass is 229 g/mol. The molecular formula is C15H19NO. The third kappa shape index (κ3) is 2.42. The van der Waals surface area contributed by atoms with E-state index < -0.39 is 0 Å². The molecule has 1 aromatic carbocycles. The zero-order valence-electron chi connectivity index (χ0n) is 10.1. The predicted octanol–water partition coefficient (Wildman–Crippen LogP) is 2.63. The molecule has 2 bridgehead atoms. The first-order valence-electron chi connectivity index (χ1n) is 6.61. The summed E-state index contributed by atoms with van der Waals surface area (Å²) in [6.45, 7) is 2.17. The van der Waals surface area contributed by atoms with Crippen LogP contribution in [0.4, 0.5) is 0 Å². The molecule has 90 valence electrons. The van der Waals surface area contributed by atoms with Crippen molar-refractivity contribution in [1.82, 2.24) is 4.90 Å². The summed E-state index contributed by atoms with van der Waals surface area (Å²) in [5, 5.41) is 0. The van der Waals surface area contributed by atoms with Crippen LogP contribution in [0.25, 0.3) is 0 Å². The lowest BCUT2D eigenvalue weighted by Crippen LogP contribution is -2.46. The normalized spacial score (nSPS) is 29.3. The van der Waals surface area contributed by atoms with Crippen molar-refractivity contribution in [3.63, 3.8) is 0 Å². The van der Waals surface area contributed by atoms with E-state index in [4.69, 9.17) is 0 Å². The molecule has 0 aromatic heterocycles. The first-order chi connectivity index (χ1) is 8.31. The first kappa shape index (κ1) is 11.0. The van der Waals surface area contributed by atoms with E-state index in [-0.39, 0.29) is 0 Å². The fourth-order valence-electron chi connectivity index (χ4n) is 3.27. The van der Waals surface area contributed by atoms with Gasteiger partial charge in [-0.1, -0.05) is 30.3 Å². The van der Waals surface area contributed by atoms with Gasteiger partial charge < -0.3 is 0 Å². The Morgan fingerprint density at radius 1 is 1.18 bits per heavy atom. The summed E-state index contributed by atoms with van der Waals surface area (Å²) in [6, 6.07) is 11.1. The highest BCUT2D eigenvalue weighted by Crippen LogP contribution is 2.33. The number of Topliss-reactive ketones (excluding diaryl/α,β-unsaturated/α-hetero) is 1. The van der Waals surface area contributed by atoms with Gasteiger partial charge in [-0.3, -0.25) is 9.69 Å². The van der Waals surface area contributed by atoms with Gasteiger partial charge in [0.05, 0.1) is 0 Å². The van der Waals surface area contributed by atoms with Crippen molar-refractivity contribution in [2.24, 2.45) is 5.92 Å².